The summed E-state index contributed by atoms with van der Waals surface area (Å²) in [5, 5.41) is 7.55. The molecule has 11 aromatic rings. The summed E-state index contributed by atoms with van der Waals surface area (Å²) < 4.78 is 2.37. The van der Waals surface area contributed by atoms with E-state index in [2.05, 4.69) is 241 Å². The quantitative estimate of drug-likeness (QED) is 0.147. The molecule has 0 amide bonds. The third kappa shape index (κ3) is 5.97. The molecule has 2 heteroatoms. The van der Waals surface area contributed by atoms with Gasteiger partial charge in [0.2, 0.25) is 0 Å². The average molecular weight is 753 g/mol. The molecule has 0 atom stereocenters. The highest BCUT2D eigenvalue weighted by Gasteiger charge is 2.19. The Morgan fingerprint density at radius 1 is 0.305 bits per heavy atom. The maximum Gasteiger partial charge on any atom is 0.0541 e. The maximum absolute atomic E-state index is 2.37. The highest BCUT2D eigenvalue weighted by molar-refractivity contribution is 6.21. The van der Waals surface area contributed by atoms with Gasteiger partial charge in [-0.05, 0) is 129 Å². The maximum atomic E-state index is 2.37. The molecule has 0 spiro atoms. The standard InChI is InChI=1S/C57H40N2/c1-39-24-31-45(32-25-39)58(46-33-26-40(27-34-46)43-30-37-55-53(38-43)48-18-12-13-23-54(48)59(55)44-16-6-3-7-17-44)47-35-28-42(29-36-47)57-51-21-10-8-19-49(51)56(41-14-4-2-5-15-41)50-20-9-11-22-52(50)57/h2-38H,1H3. The van der Waals surface area contributed by atoms with Crippen molar-refractivity contribution in [2.24, 2.45) is 0 Å². The van der Waals surface area contributed by atoms with E-state index < -0.39 is 0 Å². The second kappa shape index (κ2) is 14.4. The van der Waals surface area contributed by atoms with Crippen molar-refractivity contribution in [3.63, 3.8) is 0 Å². The van der Waals surface area contributed by atoms with Gasteiger partial charge in [-0.2, -0.15) is 0 Å². The van der Waals surface area contributed by atoms with E-state index in [1.807, 2.05) is 0 Å². The van der Waals surface area contributed by atoms with E-state index in [1.54, 1.807) is 0 Å². The third-order valence-corrected chi connectivity index (χ3v) is 11.8. The second-order valence-electron chi connectivity index (χ2n) is 15.4. The number of hydrogen-bond donors (Lipinski definition) is 0. The lowest BCUT2D eigenvalue weighted by Crippen LogP contribution is -2.09. The summed E-state index contributed by atoms with van der Waals surface area (Å²) in [7, 11) is 0. The Labute approximate surface area is 344 Å². The van der Waals surface area contributed by atoms with Crippen molar-refractivity contribution in [3.8, 4) is 39.1 Å². The van der Waals surface area contributed by atoms with E-state index in [0.29, 0.717) is 0 Å². The minimum absolute atomic E-state index is 1.11. The van der Waals surface area contributed by atoms with Crippen LogP contribution in [0.1, 0.15) is 5.56 Å². The normalized spacial score (nSPS) is 11.5. The van der Waals surface area contributed by atoms with Gasteiger partial charge in [-0.3, -0.25) is 0 Å². The highest BCUT2D eigenvalue weighted by atomic mass is 15.1. The van der Waals surface area contributed by atoms with Crippen LogP contribution in [0, 0.1) is 6.92 Å². The van der Waals surface area contributed by atoms with Crippen LogP contribution in [0.4, 0.5) is 17.1 Å². The topological polar surface area (TPSA) is 8.17 Å². The average Bonchev–Trinajstić information content (AvgIpc) is 3.64. The van der Waals surface area contributed by atoms with Gasteiger partial charge in [0.25, 0.3) is 0 Å². The van der Waals surface area contributed by atoms with Crippen LogP contribution in [0.25, 0.3) is 82.4 Å². The molecule has 0 unspecified atom stereocenters. The predicted molar refractivity (Wildman–Crippen MR) is 252 cm³/mol. The third-order valence-electron chi connectivity index (χ3n) is 11.8. The Bertz CT molecular complexity index is 3230. The first-order chi connectivity index (χ1) is 29.2. The second-order valence-corrected chi connectivity index (χ2v) is 15.4. The molecule has 0 bridgehead atoms. The number of nitrogens with zero attached hydrogens (tertiary/aromatic N) is 2. The van der Waals surface area contributed by atoms with E-state index in [-0.39, 0.29) is 0 Å². The molecule has 0 saturated carbocycles. The van der Waals surface area contributed by atoms with Gasteiger partial charge in [0, 0.05) is 33.5 Å². The Kier molecular flexibility index (Phi) is 8.41. The summed E-state index contributed by atoms with van der Waals surface area (Å²) >= 11 is 0. The van der Waals surface area contributed by atoms with Crippen molar-refractivity contribution in [2.75, 3.05) is 4.90 Å². The first-order valence-electron chi connectivity index (χ1n) is 20.3. The van der Waals surface area contributed by atoms with Gasteiger partial charge in [-0.25, -0.2) is 0 Å². The molecule has 1 heterocycles. The molecule has 2 nitrogen and oxygen atoms in total. The zero-order valence-corrected chi connectivity index (χ0v) is 32.8. The largest absolute Gasteiger partial charge is 0.311 e. The molecule has 0 aliphatic heterocycles. The fourth-order valence-corrected chi connectivity index (χ4v) is 9.08. The molecule has 0 aliphatic carbocycles. The number of benzene rings is 10. The molecule has 0 radical (unpaired) electrons. The fraction of sp³-hybridized carbons (Fsp3) is 0.0175. The lowest BCUT2D eigenvalue weighted by molar-refractivity contribution is 1.18. The Hall–Kier alpha value is -7.68. The summed E-state index contributed by atoms with van der Waals surface area (Å²) in [6.07, 6.45) is 0. The van der Waals surface area contributed by atoms with Crippen LogP contribution in [0.5, 0.6) is 0 Å². The first kappa shape index (κ1) is 34.6. The van der Waals surface area contributed by atoms with Crippen LogP contribution >= 0.6 is 0 Å². The minimum atomic E-state index is 1.11. The van der Waals surface area contributed by atoms with Gasteiger partial charge in [0.1, 0.15) is 0 Å². The van der Waals surface area contributed by atoms with E-state index in [9.17, 15) is 0 Å². The molecule has 59 heavy (non-hydrogen) atoms. The summed E-state index contributed by atoms with van der Waals surface area (Å²) in [4.78, 5) is 2.36. The predicted octanol–water partition coefficient (Wildman–Crippen LogP) is 15.9. The van der Waals surface area contributed by atoms with Gasteiger partial charge in [-0.15, -0.1) is 0 Å². The fourth-order valence-electron chi connectivity index (χ4n) is 9.08. The molecule has 0 fully saturated rings. The van der Waals surface area contributed by atoms with Crippen LogP contribution in [0.3, 0.4) is 0 Å². The molecule has 0 saturated heterocycles. The van der Waals surface area contributed by atoms with Gasteiger partial charge < -0.3 is 9.47 Å². The number of aryl methyl sites for hydroxylation is 1. The van der Waals surface area contributed by atoms with Crippen LogP contribution in [0.2, 0.25) is 0 Å². The van der Waals surface area contributed by atoms with Crippen molar-refractivity contribution in [3.05, 3.63) is 230 Å². The molecular weight excluding hydrogens is 713 g/mol. The molecule has 0 aliphatic rings. The van der Waals surface area contributed by atoms with Crippen molar-refractivity contribution in [2.45, 2.75) is 6.92 Å². The number of hydrogen-bond acceptors (Lipinski definition) is 1. The number of fused-ring (bicyclic) bond motifs is 5. The van der Waals surface area contributed by atoms with E-state index in [1.165, 1.54) is 88.0 Å². The molecule has 10 aromatic carbocycles. The number of rotatable bonds is 7. The molecular formula is C57H40N2. The van der Waals surface area contributed by atoms with E-state index in [0.717, 1.165) is 17.1 Å². The minimum Gasteiger partial charge on any atom is -0.311 e. The number of anilines is 3. The van der Waals surface area contributed by atoms with Crippen LogP contribution < -0.4 is 4.90 Å². The van der Waals surface area contributed by atoms with Crippen LogP contribution in [-0.4, -0.2) is 4.57 Å². The highest BCUT2D eigenvalue weighted by Crippen LogP contribution is 2.45. The van der Waals surface area contributed by atoms with Crippen molar-refractivity contribution in [1.29, 1.82) is 0 Å². The van der Waals surface area contributed by atoms with Crippen molar-refractivity contribution >= 4 is 60.4 Å². The van der Waals surface area contributed by atoms with Crippen molar-refractivity contribution < 1.29 is 0 Å². The van der Waals surface area contributed by atoms with Crippen LogP contribution in [-0.2, 0) is 0 Å². The SMILES string of the molecule is Cc1ccc(N(c2ccc(-c3ccc4c(c3)c3ccccc3n4-c3ccccc3)cc2)c2ccc(-c3c4ccccc4c(-c4ccccc4)c4ccccc34)cc2)cc1. The van der Waals surface area contributed by atoms with Gasteiger partial charge in [0.15, 0.2) is 0 Å². The summed E-state index contributed by atoms with van der Waals surface area (Å²) in [5.41, 5.74) is 15.5. The van der Waals surface area contributed by atoms with E-state index >= 15 is 0 Å². The van der Waals surface area contributed by atoms with Gasteiger partial charge in [-0.1, -0.05) is 163 Å². The zero-order chi connectivity index (χ0) is 39.3. The molecule has 11 rings (SSSR count). The number of aromatic nitrogens is 1. The Morgan fingerprint density at radius 3 is 1.27 bits per heavy atom. The van der Waals surface area contributed by atoms with Crippen LogP contribution in [0.15, 0.2) is 224 Å². The smallest absolute Gasteiger partial charge is 0.0541 e. The molecule has 0 N–H and O–H groups in total. The summed E-state index contributed by atoms with van der Waals surface area (Å²) in [6, 6.07) is 81.7. The first-order valence-corrected chi connectivity index (χ1v) is 20.3. The lowest BCUT2D eigenvalue weighted by atomic mass is 9.86. The van der Waals surface area contributed by atoms with Gasteiger partial charge >= 0.3 is 0 Å². The van der Waals surface area contributed by atoms with E-state index in [4.69, 9.17) is 0 Å². The number of para-hydroxylation sites is 2. The molecule has 278 valence electrons. The van der Waals surface area contributed by atoms with Crippen molar-refractivity contribution in [1.82, 2.24) is 4.57 Å². The monoisotopic (exact) mass is 752 g/mol. The summed E-state index contributed by atoms with van der Waals surface area (Å²) in [6.45, 7) is 2.14. The summed E-state index contributed by atoms with van der Waals surface area (Å²) in [5.74, 6) is 0. The Morgan fingerprint density at radius 2 is 0.712 bits per heavy atom. The zero-order valence-electron chi connectivity index (χ0n) is 32.8. The Balaban J connectivity index is 0.995. The van der Waals surface area contributed by atoms with Gasteiger partial charge in [0.05, 0.1) is 11.0 Å². The lowest BCUT2D eigenvalue weighted by Gasteiger charge is -2.26. The molecule has 1 aromatic heterocycles.